The largest absolute Gasteiger partial charge is 0.396 e. The predicted molar refractivity (Wildman–Crippen MR) is 61.5 cm³/mol. The average Bonchev–Trinajstić information content (AvgIpc) is 2.63. The van der Waals surface area contributed by atoms with E-state index in [1.807, 2.05) is 0 Å². The molecular weight excluding hydrogens is 184 g/mol. The minimum absolute atomic E-state index is 0.475. The number of hydrogen-bond donors (Lipinski definition) is 1. The van der Waals surface area contributed by atoms with Gasteiger partial charge in [0, 0.05) is 6.61 Å². The van der Waals surface area contributed by atoms with E-state index >= 15 is 0 Å². The molecule has 0 saturated heterocycles. The van der Waals surface area contributed by atoms with E-state index in [1.165, 1.54) is 51.4 Å². The van der Waals surface area contributed by atoms with Crippen LogP contribution in [0.5, 0.6) is 0 Å². The first-order valence-electron chi connectivity index (χ1n) is 7.02. The van der Waals surface area contributed by atoms with Crippen LogP contribution in [0.4, 0.5) is 0 Å². The van der Waals surface area contributed by atoms with Crippen LogP contribution in [0.25, 0.3) is 0 Å². The number of fused-ring (bicyclic) bond motifs is 3. The summed E-state index contributed by atoms with van der Waals surface area (Å²) in [5.41, 5.74) is 0. The zero-order valence-electron chi connectivity index (χ0n) is 9.70. The lowest BCUT2D eigenvalue weighted by Crippen LogP contribution is -2.23. The van der Waals surface area contributed by atoms with Crippen LogP contribution in [0.3, 0.4) is 0 Å². The van der Waals surface area contributed by atoms with Crippen LogP contribution in [-0.4, -0.2) is 11.7 Å². The van der Waals surface area contributed by atoms with Gasteiger partial charge in [0.05, 0.1) is 0 Å². The highest BCUT2D eigenvalue weighted by Crippen LogP contribution is 2.56. The molecule has 0 spiro atoms. The summed E-state index contributed by atoms with van der Waals surface area (Å²) in [7, 11) is 0. The van der Waals surface area contributed by atoms with Gasteiger partial charge in [0.1, 0.15) is 0 Å². The third-order valence-corrected chi connectivity index (χ3v) is 5.61. The molecule has 0 aromatic rings. The Hall–Kier alpha value is -0.0400. The topological polar surface area (TPSA) is 20.2 Å². The van der Waals surface area contributed by atoms with Gasteiger partial charge in [-0.25, -0.2) is 0 Å². The van der Waals surface area contributed by atoms with Crippen LogP contribution in [0.15, 0.2) is 0 Å². The summed E-state index contributed by atoms with van der Waals surface area (Å²) >= 11 is 0. The second-order valence-corrected chi connectivity index (χ2v) is 6.07. The zero-order valence-corrected chi connectivity index (χ0v) is 9.70. The van der Waals surface area contributed by atoms with Crippen LogP contribution in [0.1, 0.15) is 51.4 Å². The van der Waals surface area contributed by atoms with Gasteiger partial charge in [-0.2, -0.15) is 0 Å². The van der Waals surface area contributed by atoms with Crippen molar-refractivity contribution >= 4 is 0 Å². The second kappa shape index (κ2) is 4.08. The predicted octanol–water partition coefficient (Wildman–Crippen LogP) is 3.22. The Kier molecular flexibility index (Phi) is 2.76. The SMILES string of the molecule is OCC1C2CCCCC2C2CCCC[C@H]12. The lowest BCUT2D eigenvalue weighted by Gasteiger charge is -2.32. The van der Waals surface area contributed by atoms with Gasteiger partial charge in [-0.05, 0) is 55.3 Å². The fourth-order valence-electron chi connectivity index (χ4n) is 5.09. The van der Waals surface area contributed by atoms with Gasteiger partial charge in [0.2, 0.25) is 0 Å². The smallest absolute Gasteiger partial charge is 0.0464 e. The molecule has 0 aliphatic heterocycles. The van der Waals surface area contributed by atoms with E-state index in [2.05, 4.69) is 0 Å². The van der Waals surface area contributed by atoms with Crippen molar-refractivity contribution in [2.24, 2.45) is 29.6 Å². The normalized spacial score (nSPS) is 49.8. The molecule has 3 aliphatic rings. The molecule has 86 valence electrons. The van der Waals surface area contributed by atoms with Gasteiger partial charge in [0.25, 0.3) is 0 Å². The van der Waals surface area contributed by atoms with E-state index in [0.29, 0.717) is 12.5 Å². The van der Waals surface area contributed by atoms with Crippen molar-refractivity contribution < 1.29 is 5.11 Å². The minimum Gasteiger partial charge on any atom is -0.396 e. The van der Waals surface area contributed by atoms with Crippen molar-refractivity contribution in [2.75, 3.05) is 6.61 Å². The first-order chi connectivity index (χ1) is 7.42. The maximum absolute atomic E-state index is 9.64. The highest BCUT2D eigenvalue weighted by molar-refractivity contribution is 4.99. The van der Waals surface area contributed by atoms with Crippen LogP contribution >= 0.6 is 0 Å². The summed E-state index contributed by atoms with van der Waals surface area (Å²) in [5, 5.41) is 9.64. The Morgan fingerprint density at radius 3 is 1.47 bits per heavy atom. The van der Waals surface area contributed by atoms with Crippen LogP contribution < -0.4 is 0 Å². The van der Waals surface area contributed by atoms with Crippen molar-refractivity contribution in [2.45, 2.75) is 51.4 Å². The lowest BCUT2D eigenvalue weighted by atomic mass is 9.73. The molecule has 0 amide bonds. The fourth-order valence-corrected chi connectivity index (χ4v) is 5.09. The number of aliphatic hydroxyl groups excluding tert-OH is 1. The monoisotopic (exact) mass is 208 g/mol. The fraction of sp³-hybridized carbons (Fsp3) is 1.00. The highest BCUT2D eigenvalue weighted by Gasteiger charge is 2.50. The molecular formula is C14H24O. The standard InChI is InChI=1S/C14H24O/c15-9-14-12-7-3-1-5-10(12)11-6-2-4-8-13(11)14/h10-15H,1-9H2/t10?,11?,12-,13?,14?/m0/s1. The Balaban J connectivity index is 1.83. The van der Waals surface area contributed by atoms with Gasteiger partial charge in [0.15, 0.2) is 0 Å². The Morgan fingerprint density at radius 2 is 1.07 bits per heavy atom. The molecule has 3 fully saturated rings. The molecule has 0 radical (unpaired) electrons. The molecule has 4 unspecified atom stereocenters. The summed E-state index contributed by atoms with van der Waals surface area (Å²) in [6, 6.07) is 0. The average molecular weight is 208 g/mol. The van der Waals surface area contributed by atoms with Crippen LogP contribution in [0.2, 0.25) is 0 Å². The molecule has 0 heterocycles. The summed E-state index contributed by atoms with van der Waals surface area (Å²) in [6.45, 7) is 0.475. The second-order valence-electron chi connectivity index (χ2n) is 6.07. The van der Waals surface area contributed by atoms with E-state index in [4.69, 9.17) is 0 Å². The van der Waals surface area contributed by atoms with Crippen LogP contribution in [-0.2, 0) is 0 Å². The van der Waals surface area contributed by atoms with E-state index in [-0.39, 0.29) is 0 Å². The van der Waals surface area contributed by atoms with Gasteiger partial charge < -0.3 is 5.11 Å². The van der Waals surface area contributed by atoms with Crippen molar-refractivity contribution in [3.8, 4) is 0 Å². The molecule has 3 saturated carbocycles. The molecule has 0 aromatic heterocycles. The van der Waals surface area contributed by atoms with Crippen molar-refractivity contribution in [1.82, 2.24) is 0 Å². The third kappa shape index (κ3) is 1.54. The molecule has 0 bridgehead atoms. The van der Waals surface area contributed by atoms with E-state index < -0.39 is 0 Å². The van der Waals surface area contributed by atoms with Crippen molar-refractivity contribution in [1.29, 1.82) is 0 Å². The molecule has 1 heteroatoms. The first kappa shape index (κ1) is 10.1. The van der Waals surface area contributed by atoms with Crippen LogP contribution in [0, 0.1) is 29.6 Å². The molecule has 3 aliphatic carbocycles. The van der Waals surface area contributed by atoms with Crippen molar-refractivity contribution in [3.05, 3.63) is 0 Å². The number of aliphatic hydroxyl groups is 1. The maximum Gasteiger partial charge on any atom is 0.0464 e. The summed E-state index contributed by atoms with van der Waals surface area (Å²) < 4.78 is 0. The number of hydrogen-bond acceptors (Lipinski definition) is 1. The quantitative estimate of drug-likeness (QED) is 0.701. The van der Waals surface area contributed by atoms with Gasteiger partial charge in [-0.15, -0.1) is 0 Å². The Bertz CT molecular complexity index is 172. The van der Waals surface area contributed by atoms with E-state index in [0.717, 1.165) is 23.7 Å². The third-order valence-electron chi connectivity index (χ3n) is 5.61. The van der Waals surface area contributed by atoms with Gasteiger partial charge in [-0.1, -0.05) is 25.7 Å². The number of rotatable bonds is 1. The van der Waals surface area contributed by atoms with E-state index in [1.54, 1.807) is 0 Å². The summed E-state index contributed by atoms with van der Waals surface area (Å²) in [5.74, 6) is 4.48. The molecule has 1 N–H and O–H groups in total. The minimum atomic E-state index is 0.475. The first-order valence-corrected chi connectivity index (χ1v) is 7.02. The molecule has 15 heavy (non-hydrogen) atoms. The Labute approximate surface area is 93.3 Å². The molecule has 5 atom stereocenters. The Morgan fingerprint density at radius 1 is 0.667 bits per heavy atom. The molecule has 0 aromatic carbocycles. The highest BCUT2D eigenvalue weighted by atomic mass is 16.3. The zero-order chi connectivity index (χ0) is 10.3. The summed E-state index contributed by atoms with van der Waals surface area (Å²) in [4.78, 5) is 0. The molecule has 1 nitrogen and oxygen atoms in total. The summed E-state index contributed by atoms with van der Waals surface area (Å²) in [6.07, 6.45) is 11.6. The van der Waals surface area contributed by atoms with Gasteiger partial charge >= 0.3 is 0 Å². The lowest BCUT2D eigenvalue weighted by molar-refractivity contribution is 0.126. The van der Waals surface area contributed by atoms with Crippen molar-refractivity contribution in [3.63, 3.8) is 0 Å². The van der Waals surface area contributed by atoms with E-state index in [9.17, 15) is 5.11 Å². The van der Waals surface area contributed by atoms with Gasteiger partial charge in [-0.3, -0.25) is 0 Å². The maximum atomic E-state index is 9.64. The molecule has 3 rings (SSSR count).